The van der Waals surface area contributed by atoms with Crippen LogP contribution in [0.15, 0.2) is 36.7 Å². The second-order valence-corrected chi connectivity index (χ2v) is 6.41. The van der Waals surface area contributed by atoms with Crippen molar-refractivity contribution in [3.63, 3.8) is 0 Å². The first-order chi connectivity index (χ1) is 11.5. The van der Waals surface area contributed by atoms with E-state index in [1.165, 1.54) is 6.20 Å². The van der Waals surface area contributed by atoms with Crippen LogP contribution in [0.25, 0.3) is 5.69 Å². The Labute approximate surface area is 144 Å². The fourth-order valence-corrected chi connectivity index (χ4v) is 3.22. The fraction of sp³-hybridized carbons (Fsp3) is 0.353. The van der Waals surface area contributed by atoms with Crippen LogP contribution in [-0.4, -0.2) is 44.3 Å². The van der Waals surface area contributed by atoms with Crippen molar-refractivity contribution in [3.05, 3.63) is 47.2 Å². The number of rotatable bonds is 3. The highest BCUT2D eigenvalue weighted by Crippen LogP contribution is 2.25. The van der Waals surface area contributed by atoms with Gasteiger partial charge in [-0.2, -0.15) is 5.10 Å². The number of nitrogens with zero attached hydrogens (tertiary/aromatic N) is 3. The Kier molecular flexibility index (Phi) is 4.57. The molecule has 6 nitrogen and oxygen atoms in total. The first-order valence-electron chi connectivity index (χ1n) is 7.82. The maximum absolute atomic E-state index is 12.7. The summed E-state index contributed by atoms with van der Waals surface area (Å²) < 4.78 is 1.60. The van der Waals surface area contributed by atoms with Crippen LogP contribution in [0.3, 0.4) is 0 Å². The SMILES string of the molecule is C[C@@H]1[C@H](C(=O)O)CCCN1C(=O)c1cnn(-c2ccc(Cl)cc2)c1. The molecule has 1 fully saturated rings. The summed E-state index contributed by atoms with van der Waals surface area (Å²) in [5.74, 6) is -1.56. The van der Waals surface area contributed by atoms with Gasteiger partial charge in [0.1, 0.15) is 0 Å². The van der Waals surface area contributed by atoms with Crippen LogP contribution in [-0.2, 0) is 4.79 Å². The topological polar surface area (TPSA) is 75.4 Å². The summed E-state index contributed by atoms with van der Waals surface area (Å²) in [5, 5.41) is 14.1. The van der Waals surface area contributed by atoms with E-state index in [2.05, 4.69) is 5.10 Å². The first kappa shape index (κ1) is 16.5. The zero-order valence-corrected chi connectivity index (χ0v) is 14.0. The summed E-state index contributed by atoms with van der Waals surface area (Å²) in [6, 6.07) is 6.80. The molecule has 7 heteroatoms. The van der Waals surface area contributed by atoms with Crippen LogP contribution >= 0.6 is 11.6 Å². The number of carboxylic acid groups (broad SMARTS) is 1. The van der Waals surface area contributed by atoms with E-state index in [0.717, 1.165) is 5.69 Å². The number of hydrogen-bond donors (Lipinski definition) is 1. The van der Waals surface area contributed by atoms with Gasteiger partial charge in [0.05, 0.1) is 23.4 Å². The van der Waals surface area contributed by atoms with E-state index < -0.39 is 11.9 Å². The van der Waals surface area contributed by atoms with Gasteiger partial charge in [0.25, 0.3) is 5.91 Å². The highest BCUT2D eigenvalue weighted by atomic mass is 35.5. The molecule has 0 spiro atoms. The number of piperidine rings is 1. The number of carbonyl (C=O) groups excluding carboxylic acids is 1. The summed E-state index contributed by atoms with van der Waals surface area (Å²) in [5.41, 5.74) is 1.25. The van der Waals surface area contributed by atoms with E-state index in [4.69, 9.17) is 11.6 Å². The number of halogens is 1. The maximum atomic E-state index is 12.7. The van der Waals surface area contributed by atoms with Crippen molar-refractivity contribution in [2.24, 2.45) is 5.92 Å². The molecular weight excluding hydrogens is 330 g/mol. The third-order valence-corrected chi connectivity index (χ3v) is 4.74. The van der Waals surface area contributed by atoms with Crippen LogP contribution < -0.4 is 0 Å². The summed E-state index contributed by atoms with van der Waals surface area (Å²) in [6.45, 7) is 2.36. The van der Waals surface area contributed by atoms with Crippen molar-refractivity contribution >= 4 is 23.5 Å². The molecule has 1 aromatic carbocycles. The Morgan fingerprint density at radius 1 is 1.29 bits per heavy atom. The molecule has 0 unspecified atom stereocenters. The number of carbonyl (C=O) groups is 2. The van der Waals surface area contributed by atoms with Crippen molar-refractivity contribution in [2.45, 2.75) is 25.8 Å². The van der Waals surface area contributed by atoms with Gasteiger partial charge < -0.3 is 10.0 Å². The van der Waals surface area contributed by atoms with Gasteiger partial charge in [-0.05, 0) is 44.0 Å². The number of likely N-dealkylation sites (tertiary alicyclic amines) is 1. The molecule has 0 saturated carbocycles. The van der Waals surface area contributed by atoms with Crippen molar-refractivity contribution in [3.8, 4) is 5.69 Å². The largest absolute Gasteiger partial charge is 0.481 e. The average molecular weight is 348 g/mol. The molecule has 1 aliphatic rings. The van der Waals surface area contributed by atoms with Crippen molar-refractivity contribution < 1.29 is 14.7 Å². The molecule has 1 N–H and O–H groups in total. The number of amides is 1. The smallest absolute Gasteiger partial charge is 0.308 e. The van der Waals surface area contributed by atoms with Gasteiger partial charge in [-0.1, -0.05) is 11.6 Å². The van der Waals surface area contributed by atoms with Crippen LogP contribution in [0.2, 0.25) is 5.02 Å². The molecule has 3 rings (SSSR count). The summed E-state index contributed by atoms with van der Waals surface area (Å²) in [6.07, 6.45) is 4.46. The minimum atomic E-state index is -0.850. The summed E-state index contributed by atoms with van der Waals surface area (Å²) in [7, 11) is 0. The zero-order valence-electron chi connectivity index (χ0n) is 13.2. The summed E-state index contributed by atoms with van der Waals surface area (Å²) >= 11 is 5.87. The Bertz CT molecular complexity index is 757. The summed E-state index contributed by atoms with van der Waals surface area (Å²) in [4.78, 5) is 25.7. The van der Waals surface area contributed by atoms with E-state index >= 15 is 0 Å². The number of aliphatic carboxylic acids is 1. The monoisotopic (exact) mass is 347 g/mol. The standard InChI is InChI=1S/C17H18ClN3O3/c1-11-15(17(23)24)3-2-8-20(11)16(22)12-9-19-21(10-12)14-6-4-13(18)5-7-14/h4-7,9-11,15H,2-3,8H2,1H3,(H,23,24)/t11-,15-/m1/s1. The molecule has 2 aromatic rings. The predicted octanol–water partition coefficient (Wildman–Crippen LogP) is 2.85. The zero-order chi connectivity index (χ0) is 17.3. The van der Waals surface area contributed by atoms with Crippen molar-refractivity contribution in [1.82, 2.24) is 14.7 Å². The molecule has 0 bridgehead atoms. The lowest BCUT2D eigenvalue weighted by Gasteiger charge is -2.37. The van der Waals surface area contributed by atoms with Gasteiger partial charge >= 0.3 is 5.97 Å². The third-order valence-electron chi connectivity index (χ3n) is 4.49. The lowest BCUT2D eigenvalue weighted by atomic mass is 9.90. The molecular formula is C17H18ClN3O3. The number of hydrogen-bond acceptors (Lipinski definition) is 3. The van der Waals surface area contributed by atoms with Gasteiger partial charge in [0, 0.05) is 23.8 Å². The van der Waals surface area contributed by atoms with E-state index in [0.29, 0.717) is 30.0 Å². The number of aromatic nitrogens is 2. The quantitative estimate of drug-likeness (QED) is 0.926. The highest BCUT2D eigenvalue weighted by Gasteiger charge is 2.35. The average Bonchev–Trinajstić information content (AvgIpc) is 3.05. The minimum Gasteiger partial charge on any atom is -0.481 e. The van der Waals surface area contributed by atoms with Gasteiger partial charge in [-0.25, -0.2) is 4.68 Å². The van der Waals surface area contributed by atoms with Gasteiger partial charge in [-0.15, -0.1) is 0 Å². The second-order valence-electron chi connectivity index (χ2n) is 5.98. The Hall–Kier alpha value is -2.34. The predicted molar refractivity (Wildman–Crippen MR) is 89.4 cm³/mol. The van der Waals surface area contributed by atoms with E-state index in [1.807, 2.05) is 12.1 Å². The molecule has 1 saturated heterocycles. The maximum Gasteiger partial charge on any atom is 0.308 e. The van der Waals surface area contributed by atoms with E-state index in [1.54, 1.807) is 34.8 Å². The molecule has 0 radical (unpaired) electrons. The molecule has 126 valence electrons. The van der Waals surface area contributed by atoms with Crippen LogP contribution in [0, 0.1) is 5.92 Å². The third kappa shape index (κ3) is 3.14. The van der Waals surface area contributed by atoms with Crippen molar-refractivity contribution in [1.29, 1.82) is 0 Å². The molecule has 1 amide bonds. The molecule has 24 heavy (non-hydrogen) atoms. The first-order valence-corrected chi connectivity index (χ1v) is 8.19. The lowest BCUT2D eigenvalue weighted by molar-refractivity contribution is -0.144. The Balaban J connectivity index is 1.80. The highest BCUT2D eigenvalue weighted by molar-refractivity contribution is 6.30. The molecule has 0 aliphatic carbocycles. The van der Waals surface area contributed by atoms with Crippen LogP contribution in [0.1, 0.15) is 30.1 Å². The van der Waals surface area contributed by atoms with Gasteiger partial charge in [0.15, 0.2) is 0 Å². The molecule has 2 heterocycles. The Morgan fingerprint density at radius 2 is 2.00 bits per heavy atom. The fourth-order valence-electron chi connectivity index (χ4n) is 3.09. The normalized spacial score (nSPS) is 20.8. The second kappa shape index (κ2) is 6.65. The number of benzene rings is 1. The van der Waals surface area contributed by atoms with Crippen LogP contribution in [0.4, 0.5) is 0 Å². The lowest BCUT2D eigenvalue weighted by Crippen LogP contribution is -2.49. The molecule has 1 aromatic heterocycles. The minimum absolute atomic E-state index is 0.186. The Morgan fingerprint density at radius 3 is 2.67 bits per heavy atom. The van der Waals surface area contributed by atoms with Gasteiger partial charge in [-0.3, -0.25) is 9.59 Å². The molecule has 2 atom stereocenters. The van der Waals surface area contributed by atoms with E-state index in [-0.39, 0.29) is 11.9 Å². The van der Waals surface area contributed by atoms with Gasteiger partial charge in [0.2, 0.25) is 0 Å². The number of carboxylic acids is 1. The van der Waals surface area contributed by atoms with Crippen molar-refractivity contribution in [2.75, 3.05) is 6.54 Å². The van der Waals surface area contributed by atoms with Crippen LogP contribution in [0.5, 0.6) is 0 Å². The van der Waals surface area contributed by atoms with E-state index in [9.17, 15) is 14.7 Å². The molecule has 1 aliphatic heterocycles.